The van der Waals surface area contributed by atoms with Crippen LogP contribution in [0.1, 0.15) is 239 Å². The Balaban J connectivity index is 4.18. The van der Waals surface area contributed by atoms with Crippen molar-refractivity contribution >= 4 is 13.7 Å². The summed E-state index contributed by atoms with van der Waals surface area (Å²) in [6.45, 7) is 4.59. The molecule has 1 amide bonds. The number of likely N-dealkylation sites (N-methyl/N-ethyl adjacent to an activating group) is 1. The Morgan fingerprint density at radius 3 is 1.16 bits per heavy atom. The van der Waals surface area contributed by atoms with Crippen LogP contribution in [0, 0.1) is 0 Å². The molecule has 0 aromatic carbocycles. The highest BCUT2D eigenvalue weighted by Gasteiger charge is 2.24. The average molecular weight is 1090 g/mol. The molecule has 0 spiro atoms. The molecular formula is C68H117N2O6P. The molecule has 0 aliphatic rings. The van der Waals surface area contributed by atoms with E-state index in [1.54, 1.807) is 0 Å². The Morgan fingerprint density at radius 1 is 0.468 bits per heavy atom. The first-order valence-corrected chi connectivity index (χ1v) is 32.5. The van der Waals surface area contributed by atoms with Crippen molar-refractivity contribution in [1.29, 1.82) is 0 Å². The number of allylic oxidation sites excluding steroid dienone is 22. The number of carbonyl (C=O) groups excluding carboxylic acids is 1. The van der Waals surface area contributed by atoms with Crippen LogP contribution in [0.5, 0.6) is 0 Å². The first-order valence-electron chi connectivity index (χ1n) is 31.0. The maximum Gasteiger partial charge on any atom is 0.268 e. The predicted molar refractivity (Wildman–Crippen MR) is 334 cm³/mol. The van der Waals surface area contributed by atoms with Gasteiger partial charge in [0.25, 0.3) is 7.82 Å². The van der Waals surface area contributed by atoms with Gasteiger partial charge in [-0.15, -0.1) is 0 Å². The smallest absolute Gasteiger partial charge is 0.268 e. The van der Waals surface area contributed by atoms with E-state index in [0.717, 1.165) is 128 Å². The lowest BCUT2D eigenvalue weighted by Gasteiger charge is -2.30. The third-order valence-corrected chi connectivity index (χ3v) is 14.1. The van der Waals surface area contributed by atoms with E-state index >= 15 is 0 Å². The summed E-state index contributed by atoms with van der Waals surface area (Å²) in [5.41, 5.74) is 0. The van der Waals surface area contributed by atoms with Crippen LogP contribution in [0.15, 0.2) is 134 Å². The van der Waals surface area contributed by atoms with Crippen LogP contribution in [0.4, 0.5) is 0 Å². The van der Waals surface area contributed by atoms with Crippen LogP contribution >= 0.6 is 7.82 Å². The van der Waals surface area contributed by atoms with Gasteiger partial charge in [-0.1, -0.05) is 270 Å². The molecule has 3 unspecified atom stereocenters. The highest BCUT2D eigenvalue weighted by molar-refractivity contribution is 7.45. The lowest BCUT2D eigenvalue weighted by Crippen LogP contribution is -2.46. The van der Waals surface area contributed by atoms with Gasteiger partial charge < -0.3 is 28.8 Å². The Bertz CT molecular complexity index is 1710. The van der Waals surface area contributed by atoms with E-state index in [2.05, 4.69) is 153 Å². The Hall–Kier alpha value is -3.36. The van der Waals surface area contributed by atoms with E-state index in [0.29, 0.717) is 23.9 Å². The maximum atomic E-state index is 13.0. The molecular weight excluding hydrogens is 972 g/mol. The Labute approximate surface area is 475 Å². The van der Waals surface area contributed by atoms with E-state index in [1.807, 2.05) is 21.1 Å². The van der Waals surface area contributed by atoms with Crippen molar-refractivity contribution in [3.63, 3.8) is 0 Å². The van der Waals surface area contributed by atoms with Crippen molar-refractivity contribution in [1.82, 2.24) is 5.32 Å². The van der Waals surface area contributed by atoms with Crippen LogP contribution in [-0.4, -0.2) is 68.5 Å². The molecule has 9 heteroatoms. The molecule has 0 radical (unpaired) electrons. The van der Waals surface area contributed by atoms with Gasteiger partial charge in [0.05, 0.1) is 39.9 Å². The van der Waals surface area contributed by atoms with Gasteiger partial charge in [-0.25, -0.2) is 0 Å². The van der Waals surface area contributed by atoms with Gasteiger partial charge in [-0.05, 0) is 96.3 Å². The van der Waals surface area contributed by atoms with Gasteiger partial charge in [-0.2, -0.15) is 0 Å². The topological polar surface area (TPSA) is 108 Å². The zero-order chi connectivity index (χ0) is 56.3. The molecule has 440 valence electrons. The first kappa shape index (κ1) is 73.6. The fraction of sp³-hybridized carbons (Fsp3) is 0.662. The van der Waals surface area contributed by atoms with Crippen molar-refractivity contribution in [2.45, 2.75) is 251 Å². The number of hydrogen-bond acceptors (Lipinski definition) is 6. The molecule has 0 fully saturated rings. The van der Waals surface area contributed by atoms with Gasteiger partial charge >= 0.3 is 0 Å². The molecule has 0 aliphatic carbocycles. The van der Waals surface area contributed by atoms with Crippen molar-refractivity contribution in [3.05, 3.63) is 134 Å². The van der Waals surface area contributed by atoms with E-state index in [9.17, 15) is 19.4 Å². The second-order valence-electron chi connectivity index (χ2n) is 21.7. The number of amides is 1. The zero-order valence-corrected chi connectivity index (χ0v) is 51.0. The van der Waals surface area contributed by atoms with Crippen molar-refractivity contribution in [2.75, 3.05) is 40.9 Å². The third kappa shape index (κ3) is 60.1. The van der Waals surface area contributed by atoms with Gasteiger partial charge in [0.1, 0.15) is 13.2 Å². The fourth-order valence-corrected chi connectivity index (χ4v) is 9.06. The standard InChI is InChI=1S/C68H117N2O6P/c1-6-8-10-12-14-16-18-20-22-24-25-26-27-28-29-30-31-32-33-34-35-36-37-38-39-40-41-42-43-44-45-46-48-50-52-54-56-58-60-62-68(72)69-66(65-76-77(73,74)75-64-63-70(3,4)5)67(71)61-59-57-55-53-51-49-47-23-21-19-17-15-13-11-9-7-2/h8,10,14,16,20,22,25-26,28-29,31-32,34-35,37-38,40-41,43-44,46,48,66-67,71H,6-7,9,11-13,15,17-19,21,23-24,27,30,33,36,39,42,45,47,49-65H2,1-5H3,(H-,69,72,73,74)/b10-8-,16-14-,22-20-,26-25-,29-28-,32-31-,35-34-,38-37-,41-40-,44-43-,48-46-. The van der Waals surface area contributed by atoms with Crippen LogP contribution in [-0.2, 0) is 18.4 Å². The van der Waals surface area contributed by atoms with Gasteiger partial charge in [-0.3, -0.25) is 9.36 Å². The Morgan fingerprint density at radius 2 is 0.792 bits per heavy atom. The van der Waals surface area contributed by atoms with Crippen molar-refractivity contribution in [2.24, 2.45) is 0 Å². The van der Waals surface area contributed by atoms with Crippen LogP contribution in [0.25, 0.3) is 0 Å². The van der Waals surface area contributed by atoms with E-state index in [-0.39, 0.29) is 19.1 Å². The molecule has 0 heterocycles. The molecule has 8 nitrogen and oxygen atoms in total. The number of rotatable bonds is 55. The normalized spacial score (nSPS) is 14.7. The number of carbonyl (C=O) groups is 1. The predicted octanol–water partition coefficient (Wildman–Crippen LogP) is 18.9. The number of nitrogens with one attached hydrogen (secondary N) is 1. The van der Waals surface area contributed by atoms with Crippen LogP contribution < -0.4 is 10.2 Å². The van der Waals surface area contributed by atoms with Crippen molar-refractivity contribution in [3.8, 4) is 0 Å². The van der Waals surface area contributed by atoms with Crippen molar-refractivity contribution < 1.29 is 32.9 Å². The van der Waals surface area contributed by atoms with Crippen LogP contribution in [0.2, 0.25) is 0 Å². The summed E-state index contributed by atoms with van der Waals surface area (Å²) in [6.07, 6.45) is 86.3. The lowest BCUT2D eigenvalue weighted by atomic mass is 10.0. The molecule has 0 aromatic rings. The number of unbranched alkanes of at least 4 members (excludes halogenated alkanes) is 20. The summed E-state index contributed by atoms with van der Waals surface area (Å²) >= 11 is 0. The number of aliphatic hydroxyl groups excluding tert-OH is 1. The second kappa shape index (κ2) is 57.3. The summed E-state index contributed by atoms with van der Waals surface area (Å²) in [6, 6.07) is -0.821. The Kier molecular flexibility index (Phi) is 54.8. The molecule has 77 heavy (non-hydrogen) atoms. The summed E-state index contributed by atoms with van der Waals surface area (Å²) in [4.78, 5) is 25.5. The molecule has 0 aliphatic heterocycles. The average Bonchev–Trinajstić information content (AvgIpc) is 3.39. The van der Waals surface area contributed by atoms with E-state index in [1.165, 1.54) is 83.5 Å². The molecule has 3 atom stereocenters. The van der Waals surface area contributed by atoms with Gasteiger partial charge in [0.15, 0.2) is 0 Å². The summed E-state index contributed by atoms with van der Waals surface area (Å²) in [7, 11) is 1.27. The minimum Gasteiger partial charge on any atom is -0.756 e. The number of phosphoric ester groups is 1. The maximum absolute atomic E-state index is 13.0. The van der Waals surface area contributed by atoms with Gasteiger partial charge in [0, 0.05) is 6.42 Å². The number of phosphoric acid groups is 1. The minimum absolute atomic E-state index is 0.00148. The highest BCUT2D eigenvalue weighted by Crippen LogP contribution is 2.38. The molecule has 0 saturated carbocycles. The minimum atomic E-state index is -4.59. The molecule has 0 aromatic heterocycles. The largest absolute Gasteiger partial charge is 0.756 e. The van der Waals surface area contributed by atoms with E-state index < -0.39 is 20.0 Å². The quantitative estimate of drug-likeness (QED) is 0.0272. The van der Waals surface area contributed by atoms with Crippen LogP contribution in [0.3, 0.4) is 0 Å². The lowest BCUT2D eigenvalue weighted by molar-refractivity contribution is -0.870. The second-order valence-corrected chi connectivity index (χ2v) is 23.1. The number of nitrogens with zero attached hydrogens (tertiary/aromatic N) is 1. The molecule has 0 bridgehead atoms. The van der Waals surface area contributed by atoms with Gasteiger partial charge in [0.2, 0.25) is 5.91 Å². The zero-order valence-electron chi connectivity index (χ0n) is 50.1. The molecule has 0 saturated heterocycles. The fourth-order valence-electron chi connectivity index (χ4n) is 8.34. The number of quaternary nitrogens is 1. The molecule has 0 rings (SSSR count). The molecule has 2 N–H and O–H groups in total. The highest BCUT2D eigenvalue weighted by atomic mass is 31.2. The van der Waals surface area contributed by atoms with E-state index in [4.69, 9.17) is 9.05 Å². The SMILES string of the molecule is CC/C=C\C/C=C\C/C=C\C/C=C\C/C=C\C/C=C\C/C=C\C/C=C\C/C=C\C/C=C\C/C=C\CCCCCCCC(=O)NC(COP(=O)([O-])OCC[N+](C)(C)C)C(O)CCCCCCCCCCCCCCCCCC. The monoisotopic (exact) mass is 1090 g/mol. The summed E-state index contributed by atoms with van der Waals surface area (Å²) in [5, 5.41) is 14.0. The number of hydrogen-bond donors (Lipinski definition) is 2. The number of aliphatic hydroxyl groups is 1. The third-order valence-electron chi connectivity index (χ3n) is 13.2. The summed E-state index contributed by atoms with van der Waals surface area (Å²) < 4.78 is 23.4. The first-order chi connectivity index (χ1) is 37.5. The summed E-state index contributed by atoms with van der Waals surface area (Å²) in [5.74, 6) is -0.188.